The second-order valence-electron chi connectivity index (χ2n) is 6.60. The van der Waals surface area contributed by atoms with Crippen LogP contribution in [-0.2, 0) is 0 Å². The first-order valence-electron chi connectivity index (χ1n) is 9.43. The first-order chi connectivity index (χ1) is 15.4. The minimum atomic E-state index is -0.474. The lowest BCUT2D eigenvalue weighted by Gasteiger charge is -2.12. The number of rotatable bonds is 6. The number of hydrazone groups is 2. The van der Waals surface area contributed by atoms with E-state index in [1.54, 1.807) is 6.92 Å². The molecule has 10 nitrogen and oxygen atoms in total. The van der Waals surface area contributed by atoms with Crippen LogP contribution in [0.15, 0.2) is 71.4 Å². The highest BCUT2D eigenvalue weighted by atomic mass is 16.3. The van der Waals surface area contributed by atoms with Crippen LogP contribution in [0.5, 0.6) is 11.5 Å². The maximum absolute atomic E-state index is 12.2. The van der Waals surface area contributed by atoms with Crippen molar-refractivity contribution in [1.82, 2.24) is 20.8 Å². The molecule has 32 heavy (non-hydrogen) atoms. The van der Waals surface area contributed by atoms with Crippen molar-refractivity contribution in [3.63, 3.8) is 0 Å². The van der Waals surface area contributed by atoms with Gasteiger partial charge < -0.3 is 10.2 Å². The second kappa shape index (κ2) is 9.94. The normalized spacial score (nSPS) is 11.7. The Morgan fingerprint density at radius 3 is 1.72 bits per heavy atom. The van der Waals surface area contributed by atoms with Crippen molar-refractivity contribution >= 4 is 23.2 Å². The fourth-order valence-corrected chi connectivity index (χ4v) is 2.75. The number of phenolic OH excluding ortho intramolecular Hbond substituents is 2. The summed E-state index contributed by atoms with van der Waals surface area (Å²) in [6.07, 6.45) is 5.92. The first-order valence-corrected chi connectivity index (χ1v) is 9.43. The summed E-state index contributed by atoms with van der Waals surface area (Å²) in [5.41, 5.74) is 6.24. The lowest BCUT2D eigenvalue weighted by atomic mass is 10.0. The Morgan fingerprint density at radius 1 is 0.750 bits per heavy atom. The molecule has 2 amide bonds. The van der Waals surface area contributed by atoms with Crippen molar-refractivity contribution in [2.24, 2.45) is 10.2 Å². The summed E-state index contributed by atoms with van der Waals surface area (Å²) in [4.78, 5) is 32.0. The zero-order valence-corrected chi connectivity index (χ0v) is 17.3. The van der Waals surface area contributed by atoms with Gasteiger partial charge in [-0.15, -0.1) is 0 Å². The number of aromatic nitrogens is 2. The van der Waals surface area contributed by atoms with Crippen molar-refractivity contribution in [1.29, 1.82) is 0 Å². The Hall–Kier alpha value is -4.60. The lowest BCUT2D eigenvalue weighted by molar-refractivity contribution is 0.0946. The van der Waals surface area contributed by atoms with Gasteiger partial charge in [0.25, 0.3) is 11.8 Å². The smallest absolute Gasteiger partial charge is 0.271 e. The highest BCUT2D eigenvalue weighted by molar-refractivity contribution is 6.10. The molecule has 0 atom stereocenters. The predicted molar refractivity (Wildman–Crippen MR) is 118 cm³/mol. The second-order valence-corrected chi connectivity index (χ2v) is 6.60. The minimum absolute atomic E-state index is 0.0209. The topological polar surface area (TPSA) is 149 Å². The molecular formula is C22H20N6O4. The van der Waals surface area contributed by atoms with Crippen LogP contribution in [0.1, 0.15) is 45.7 Å². The summed E-state index contributed by atoms with van der Waals surface area (Å²) in [5.74, 6) is -1.46. The first kappa shape index (κ1) is 22.1. The summed E-state index contributed by atoms with van der Waals surface area (Å²) in [6.45, 7) is 3.10. The number of pyridine rings is 2. The van der Waals surface area contributed by atoms with Gasteiger partial charge in [0.05, 0.1) is 17.0 Å². The Balaban J connectivity index is 1.81. The largest absolute Gasteiger partial charge is 0.507 e. The number of nitrogens with one attached hydrogen (secondary N) is 2. The van der Waals surface area contributed by atoms with Gasteiger partial charge in [-0.1, -0.05) is 0 Å². The molecule has 0 spiro atoms. The van der Waals surface area contributed by atoms with E-state index in [1.807, 2.05) is 0 Å². The number of aromatic hydroxyl groups is 2. The van der Waals surface area contributed by atoms with Gasteiger partial charge in [-0.25, -0.2) is 10.9 Å². The number of phenols is 2. The third-order valence-electron chi connectivity index (χ3n) is 4.44. The van der Waals surface area contributed by atoms with E-state index in [2.05, 4.69) is 31.0 Å². The Bertz CT molecular complexity index is 1190. The number of nitrogens with zero attached hydrogens (tertiary/aromatic N) is 4. The summed E-state index contributed by atoms with van der Waals surface area (Å²) >= 11 is 0. The van der Waals surface area contributed by atoms with Crippen LogP contribution in [0.2, 0.25) is 0 Å². The van der Waals surface area contributed by atoms with E-state index in [0.717, 1.165) is 0 Å². The summed E-state index contributed by atoms with van der Waals surface area (Å²) < 4.78 is 0. The van der Waals surface area contributed by atoms with Crippen LogP contribution in [0.3, 0.4) is 0 Å². The molecule has 2 aromatic heterocycles. The number of benzene rings is 1. The molecule has 0 unspecified atom stereocenters. The maximum atomic E-state index is 12.2. The van der Waals surface area contributed by atoms with E-state index in [-0.39, 0.29) is 28.3 Å². The molecule has 0 aliphatic carbocycles. The molecule has 10 heteroatoms. The Labute approximate surface area is 183 Å². The highest BCUT2D eigenvalue weighted by Crippen LogP contribution is 2.31. The molecule has 162 valence electrons. The maximum Gasteiger partial charge on any atom is 0.271 e. The summed E-state index contributed by atoms with van der Waals surface area (Å²) in [5, 5.41) is 28.9. The standard InChI is InChI=1S/C22H20N6O4/c1-13(25-27-21(31)15-5-9-23-10-6-15)17-3-4-18(29)19(20(17)30)14(2)26-28-22(32)16-7-11-24-12-8-16/h3-12,29-30H,1-2H3,(H,27,31)(H,28,32)/b25-13+,26-14+. The minimum Gasteiger partial charge on any atom is -0.507 e. The Morgan fingerprint density at radius 2 is 1.22 bits per heavy atom. The molecule has 0 saturated carbocycles. The van der Waals surface area contributed by atoms with E-state index in [1.165, 1.54) is 68.1 Å². The van der Waals surface area contributed by atoms with Gasteiger partial charge in [0.1, 0.15) is 11.5 Å². The molecule has 0 bridgehead atoms. The van der Waals surface area contributed by atoms with Crippen LogP contribution in [0.25, 0.3) is 0 Å². The van der Waals surface area contributed by atoms with Gasteiger partial charge >= 0.3 is 0 Å². The molecule has 2 heterocycles. The number of hydrogen-bond acceptors (Lipinski definition) is 8. The zero-order chi connectivity index (χ0) is 23.1. The molecule has 3 rings (SSSR count). The van der Waals surface area contributed by atoms with Crippen LogP contribution >= 0.6 is 0 Å². The molecule has 0 aliphatic rings. The molecule has 0 saturated heterocycles. The average molecular weight is 432 g/mol. The molecule has 3 aromatic rings. The molecule has 0 aliphatic heterocycles. The third-order valence-corrected chi connectivity index (χ3v) is 4.44. The summed E-state index contributed by atoms with van der Waals surface area (Å²) in [6, 6.07) is 8.94. The fraction of sp³-hybridized carbons (Fsp3) is 0.0909. The van der Waals surface area contributed by atoms with Gasteiger partial charge in [-0.2, -0.15) is 10.2 Å². The van der Waals surface area contributed by atoms with Crippen molar-refractivity contribution < 1.29 is 19.8 Å². The van der Waals surface area contributed by atoms with Crippen LogP contribution in [0, 0.1) is 0 Å². The Kier molecular flexibility index (Phi) is 6.86. The fourth-order valence-electron chi connectivity index (χ4n) is 2.75. The predicted octanol–water partition coefficient (Wildman–Crippen LogP) is 2.20. The number of carbonyl (C=O) groups excluding carboxylic acids is 2. The van der Waals surface area contributed by atoms with Gasteiger partial charge in [0, 0.05) is 41.5 Å². The van der Waals surface area contributed by atoms with Crippen molar-refractivity contribution in [3.8, 4) is 11.5 Å². The van der Waals surface area contributed by atoms with E-state index in [4.69, 9.17) is 0 Å². The number of carbonyl (C=O) groups is 2. The van der Waals surface area contributed by atoms with Crippen molar-refractivity contribution in [3.05, 3.63) is 83.4 Å². The van der Waals surface area contributed by atoms with Gasteiger partial charge in [0.15, 0.2) is 0 Å². The van der Waals surface area contributed by atoms with Crippen LogP contribution in [0.4, 0.5) is 0 Å². The van der Waals surface area contributed by atoms with Crippen molar-refractivity contribution in [2.45, 2.75) is 13.8 Å². The molecule has 4 N–H and O–H groups in total. The average Bonchev–Trinajstić information content (AvgIpc) is 2.82. The summed E-state index contributed by atoms with van der Waals surface area (Å²) in [7, 11) is 0. The van der Waals surface area contributed by atoms with E-state index >= 15 is 0 Å². The molecule has 1 aromatic carbocycles. The zero-order valence-electron chi connectivity index (χ0n) is 17.3. The van der Waals surface area contributed by atoms with Gasteiger partial charge in [-0.05, 0) is 50.2 Å². The lowest BCUT2D eigenvalue weighted by Crippen LogP contribution is -2.20. The van der Waals surface area contributed by atoms with Crippen LogP contribution in [-0.4, -0.2) is 43.4 Å². The molecule has 0 fully saturated rings. The SMILES string of the molecule is C/C(=N\NC(=O)c1ccncc1)c1ccc(O)c(/C(C)=N/NC(=O)c2ccncc2)c1O. The molecular weight excluding hydrogens is 412 g/mol. The molecule has 0 radical (unpaired) electrons. The van der Waals surface area contributed by atoms with Crippen LogP contribution < -0.4 is 10.9 Å². The number of hydrogen-bond donors (Lipinski definition) is 4. The van der Waals surface area contributed by atoms with E-state index < -0.39 is 11.8 Å². The quantitative estimate of drug-likeness (QED) is 0.346. The highest BCUT2D eigenvalue weighted by Gasteiger charge is 2.17. The third kappa shape index (κ3) is 5.11. The van der Waals surface area contributed by atoms with Gasteiger partial charge in [-0.3, -0.25) is 19.6 Å². The van der Waals surface area contributed by atoms with E-state index in [9.17, 15) is 19.8 Å². The van der Waals surface area contributed by atoms with Gasteiger partial charge in [0.2, 0.25) is 0 Å². The van der Waals surface area contributed by atoms with E-state index in [0.29, 0.717) is 16.8 Å². The monoisotopic (exact) mass is 432 g/mol. The number of amides is 2. The van der Waals surface area contributed by atoms with Crippen molar-refractivity contribution in [2.75, 3.05) is 0 Å².